The molecule has 2 aromatic carbocycles. The van der Waals surface area contributed by atoms with Crippen LogP contribution in [0.15, 0.2) is 48.7 Å². The number of rotatable bonds is 6. The maximum Gasteiger partial charge on any atom is 0.150 e. The Hall–Kier alpha value is -2.71. The van der Waals surface area contributed by atoms with E-state index in [-0.39, 0.29) is 0 Å². The zero-order chi connectivity index (χ0) is 20.4. The SMILES string of the molecule is COc1ccc(CCc2cnc3c(N)nc4cc(CCP)ccc4c3c2)c(C)c1. The lowest BCUT2D eigenvalue weighted by Gasteiger charge is -2.11. The molecule has 148 valence electrons. The molecule has 4 aromatic rings. The van der Waals surface area contributed by atoms with Gasteiger partial charge in [0.2, 0.25) is 0 Å². The highest BCUT2D eigenvalue weighted by Gasteiger charge is 2.10. The van der Waals surface area contributed by atoms with Gasteiger partial charge in [-0.15, -0.1) is 9.24 Å². The first-order valence-corrected chi connectivity index (χ1v) is 10.7. The fourth-order valence-corrected chi connectivity index (χ4v) is 4.14. The van der Waals surface area contributed by atoms with Crippen LogP contribution in [0.1, 0.15) is 22.3 Å². The van der Waals surface area contributed by atoms with Gasteiger partial charge in [0.05, 0.1) is 12.6 Å². The first-order valence-electron chi connectivity index (χ1n) is 9.89. The fourth-order valence-electron chi connectivity index (χ4n) is 3.81. The molecule has 2 heterocycles. The van der Waals surface area contributed by atoms with E-state index in [0.29, 0.717) is 5.82 Å². The molecule has 0 bridgehead atoms. The van der Waals surface area contributed by atoms with Gasteiger partial charge in [-0.1, -0.05) is 18.2 Å². The third kappa shape index (κ3) is 4.04. The van der Waals surface area contributed by atoms with Crippen molar-refractivity contribution in [3.05, 3.63) is 70.9 Å². The summed E-state index contributed by atoms with van der Waals surface area (Å²) in [6, 6.07) is 14.9. The number of nitrogens with zero attached hydrogens (tertiary/aromatic N) is 2. The fraction of sp³-hybridized carbons (Fsp3) is 0.250. The summed E-state index contributed by atoms with van der Waals surface area (Å²) in [4.78, 5) is 9.24. The van der Waals surface area contributed by atoms with Gasteiger partial charge in [0.1, 0.15) is 11.3 Å². The molecule has 5 heteroatoms. The second kappa shape index (κ2) is 8.34. The van der Waals surface area contributed by atoms with Crippen molar-refractivity contribution >= 4 is 36.9 Å². The number of hydrogen-bond acceptors (Lipinski definition) is 4. The maximum absolute atomic E-state index is 6.22. The van der Waals surface area contributed by atoms with Crippen molar-refractivity contribution in [2.45, 2.75) is 26.2 Å². The Balaban J connectivity index is 1.68. The third-order valence-corrected chi connectivity index (χ3v) is 5.73. The van der Waals surface area contributed by atoms with E-state index in [9.17, 15) is 0 Å². The van der Waals surface area contributed by atoms with E-state index in [1.807, 2.05) is 12.3 Å². The summed E-state index contributed by atoms with van der Waals surface area (Å²) in [6.45, 7) is 2.13. The minimum atomic E-state index is 0.494. The molecule has 0 saturated heterocycles. The summed E-state index contributed by atoms with van der Waals surface area (Å²) in [7, 11) is 4.47. The lowest BCUT2D eigenvalue weighted by Crippen LogP contribution is -1.99. The highest BCUT2D eigenvalue weighted by atomic mass is 31.0. The monoisotopic (exact) mass is 403 g/mol. The molecule has 0 aliphatic carbocycles. The van der Waals surface area contributed by atoms with Crippen LogP contribution in [0, 0.1) is 6.92 Å². The van der Waals surface area contributed by atoms with Crippen LogP contribution < -0.4 is 10.5 Å². The number of nitrogens with two attached hydrogens (primary N) is 1. The Bertz CT molecular complexity index is 1190. The summed E-state index contributed by atoms with van der Waals surface area (Å²) < 4.78 is 5.31. The Labute approximate surface area is 173 Å². The van der Waals surface area contributed by atoms with Crippen LogP contribution in [0.3, 0.4) is 0 Å². The van der Waals surface area contributed by atoms with Crippen molar-refractivity contribution in [1.82, 2.24) is 9.97 Å². The van der Waals surface area contributed by atoms with Gasteiger partial charge in [0.25, 0.3) is 0 Å². The van der Waals surface area contributed by atoms with Crippen LogP contribution in [0.2, 0.25) is 0 Å². The summed E-state index contributed by atoms with van der Waals surface area (Å²) in [5, 5.41) is 2.19. The predicted octanol–water partition coefficient (Wildman–Crippen LogP) is 4.89. The first kappa shape index (κ1) is 19.6. The van der Waals surface area contributed by atoms with Gasteiger partial charge in [0.15, 0.2) is 5.82 Å². The molecule has 4 rings (SSSR count). The Morgan fingerprint density at radius 2 is 1.83 bits per heavy atom. The standard InChI is InChI=1S/C24H26N3OP/c1-15-11-19(28-2)7-6-18(15)5-3-17-12-21-20-8-4-16(9-10-29)13-22(20)27-24(25)23(21)26-14-17/h4,6-8,11-14H,3,5,9-10,29H2,1-2H3,(H2,25,27). The van der Waals surface area contributed by atoms with Gasteiger partial charge < -0.3 is 10.5 Å². The smallest absolute Gasteiger partial charge is 0.150 e. The molecule has 4 nitrogen and oxygen atoms in total. The number of fused-ring (bicyclic) bond motifs is 3. The van der Waals surface area contributed by atoms with E-state index >= 15 is 0 Å². The Kier molecular flexibility index (Phi) is 5.64. The molecule has 0 spiro atoms. The van der Waals surface area contributed by atoms with Crippen molar-refractivity contribution in [2.75, 3.05) is 19.0 Å². The predicted molar refractivity (Wildman–Crippen MR) is 125 cm³/mol. The number of aryl methyl sites for hydroxylation is 4. The topological polar surface area (TPSA) is 61.0 Å². The number of methoxy groups -OCH3 is 1. The van der Waals surface area contributed by atoms with E-state index in [4.69, 9.17) is 10.5 Å². The highest BCUT2D eigenvalue weighted by molar-refractivity contribution is 7.16. The minimum Gasteiger partial charge on any atom is -0.497 e. The molecule has 0 aliphatic heterocycles. The van der Waals surface area contributed by atoms with Crippen molar-refractivity contribution in [3.8, 4) is 5.75 Å². The molecule has 0 radical (unpaired) electrons. The van der Waals surface area contributed by atoms with Crippen molar-refractivity contribution in [1.29, 1.82) is 0 Å². The molecule has 0 saturated carbocycles. The molecule has 2 aromatic heterocycles. The van der Waals surface area contributed by atoms with Crippen LogP contribution in [0.4, 0.5) is 5.82 Å². The van der Waals surface area contributed by atoms with Gasteiger partial charge in [-0.05, 0) is 78.9 Å². The average molecular weight is 403 g/mol. The zero-order valence-electron chi connectivity index (χ0n) is 16.9. The normalized spacial score (nSPS) is 11.3. The van der Waals surface area contributed by atoms with Gasteiger partial charge in [-0.2, -0.15) is 0 Å². The molecule has 2 N–H and O–H groups in total. The van der Waals surface area contributed by atoms with Crippen molar-refractivity contribution in [3.63, 3.8) is 0 Å². The number of benzene rings is 2. The quantitative estimate of drug-likeness (QED) is 0.368. The van der Waals surface area contributed by atoms with Gasteiger partial charge >= 0.3 is 0 Å². The molecule has 0 aliphatic rings. The second-order valence-corrected chi connectivity index (χ2v) is 8.00. The summed E-state index contributed by atoms with van der Waals surface area (Å²) in [6.07, 6.45) is 5.85. The Morgan fingerprint density at radius 3 is 2.59 bits per heavy atom. The highest BCUT2D eigenvalue weighted by Crippen LogP contribution is 2.28. The minimum absolute atomic E-state index is 0.494. The second-order valence-electron chi connectivity index (χ2n) is 7.42. The van der Waals surface area contributed by atoms with Crippen LogP contribution in [-0.2, 0) is 19.3 Å². The van der Waals surface area contributed by atoms with Crippen molar-refractivity contribution in [2.24, 2.45) is 0 Å². The Morgan fingerprint density at radius 1 is 0.966 bits per heavy atom. The van der Waals surface area contributed by atoms with Gasteiger partial charge in [0, 0.05) is 17.0 Å². The molecular formula is C24H26N3OP. The van der Waals surface area contributed by atoms with E-state index in [0.717, 1.165) is 53.0 Å². The van der Waals surface area contributed by atoms with Crippen LogP contribution in [-0.4, -0.2) is 23.2 Å². The zero-order valence-corrected chi connectivity index (χ0v) is 18.1. The summed E-state index contributed by atoms with van der Waals surface area (Å²) >= 11 is 0. The average Bonchev–Trinajstić information content (AvgIpc) is 2.73. The van der Waals surface area contributed by atoms with E-state index in [2.05, 4.69) is 62.5 Å². The summed E-state index contributed by atoms with van der Waals surface area (Å²) in [5.74, 6) is 1.39. The number of ether oxygens (including phenoxy) is 1. The third-order valence-electron chi connectivity index (χ3n) is 5.45. The number of aromatic nitrogens is 2. The molecule has 29 heavy (non-hydrogen) atoms. The molecule has 1 unspecified atom stereocenters. The molecule has 1 atom stereocenters. The lowest BCUT2D eigenvalue weighted by molar-refractivity contribution is 0.414. The number of anilines is 1. The van der Waals surface area contributed by atoms with Crippen molar-refractivity contribution < 1.29 is 4.74 Å². The number of pyridine rings is 2. The number of hydrogen-bond donors (Lipinski definition) is 1. The van der Waals surface area contributed by atoms with Gasteiger partial charge in [-0.3, -0.25) is 4.98 Å². The summed E-state index contributed by atoms with van der Waals surface area (Å²) in [5.41, 5.74) is 13.0. The van der Waals surface area contributed by atoms with Crippen LogP contribution in [0.25, 0.3) is 21.8 Å². The molecular weight excluding hydrogens is 377 g/mol. The van der Waals surface area contributed by atoms with Gasteiger partial charge in [-0.25, -0.2) is 4.98 Å². The largest absolute Gasteiger partial charge is 0.497 e. The van der Waals surface area contributed by atoms with E-state index in [1.165, 1.54) is 22.3 Å². The van der Waals surface area contributed by atoms with Crippen LogP contribution in [0.5, 0.6) is 5.75 Å². The molecule has 0 fully saturated rings. The number of nitrogen functional groups attached to an aromatic ring is 1. The molecule has 0 amide bonds. The lowest BCUT2D eigenvalue weighted by atomic mass is 9.99. The maximum atomic E-state index is 6.22. The van der Waals surface area contributed by atoms with E-state index < -0.39 is 0 Å². The van der Waals surface area contributed by atoms with Crippen LogP contribution >= 0.6 is 9.24 Å². The van der Waals surface area contributed by atoms with E-state index in [1.54, 1.807) is 7.11 Å². The first-order chi connectivity index (χ1) is 14.1.